The Balaban J connectivity index is 1.75. The maximum absolute atomic E-state index is 12.7. The van der Waals surface area contributed by atoms with E-state index < -0.39 is 0 Å². The van der Waals surface area contributed by atoms with Crippen LogP contribution in [-0.4, -0.2) is 48.8 Å². The average molecular weight is 355 g/mol. The van der Waals surface area contributed by atoms with Crippen molar-refractivity contribution in [1.82, 2.24) is 15.5 Å². The predicted molar refractivity (Wildman–Crippen MR) is 95.7 cm³/mol. The van der Waals surface area contributed by atoms with Gasteiger partial charge >= 0.3 is 0 Å². The number of hydrogen-bond acceptors (Lipinski definition) is 4. The second-order valence-electron chi connectivity index (χ2n) is 6.26. The SMILES string of the molecule is CNC(=O)c1ccc(-c2cccc(C(=O)N3CC[C@H](NC(C)=O)C3)c2)o1. The minimum absolute atomic E-state index is 0.000166. The van der Waals surface area contributed by atoms with Crippen molar-refractivity contribution in [3.05, 3.63) is 47.7 Å². The highest BCUT2D eigenvalue weighted by atomic mass is 16.3. The van der Waals surface area contributed by atoms with Crippen molar-refractivity contribution < 1.29 is 18.8 Å². The van der Waals surface area contributed by atoms with Gasteiger partial charge in [-0.1, -0.05) is 12.1 Å². The molecule has 7 nitrogen and oxygen atoms in total. The first kappa shape index (κ1) is 17.7. The van der Waals surface area contributed by atoms with E-state index in [2.05, 4.69) is 10.6 Å². The predicted octanol–water partition coefficient (Wildman–Crippen LogP) is 1.66. The van der Waals surface area contributed by atoms with E-state index in [0.717, 1.165) is 12.0 Å². The van der Waals surface area contributed by atoms with Gasteiger partial charge in [-0.3, -0.25) is 14.4 Å². The third-order valence-corrected chi connectivity index (χ3v) is 4.33. The van der Waals surface area contributed by atoms with Crippen molar-refractivity contribution >= 4 is 17.7 Å². The molecule has 0 radical (unpaired) electrons. The molecule has 1 saturated heterocycles. The van der Waals surface area contributed by atoms with Crippen LogP contribution in [0.2, 0.25) is 0 Å². The molecule has 0 unspecified atom stereocenters. The normalized spacial score (nSPS) is 16.4. The molecule has 2 N–H and O–H groups in total. The monoisotopic (exact) mass is 355 g/mol. The van der Waals surface area contributed by atoms with E-state index in [1.165, 1.54) is 14.0 Å². The summed E-state index contributed by atoms with van der Waals surface area (Å²) in [4.78, 5) is 37.3. The Bertz CT molecular complexity index is 843. The summed E-state index contributed by atoms with van der Waals surface area (Å²) in [7, 11) is 1.54. The first-order valence-corrected chi connectivity index (χ1v) is 8.46. The summed E-state index contributed by atoms with van der Waals surface area (Å²) in [5.74, 6) is 0.270. The van der Waals surface area contributed by atoms with Gasteiger partial charge in [0.15, 0.2) is 5.76 Å². The topological polar surface area (TPSA) is 91.7 Å². The van der Waals surface area contributed by atoms with Gasteiger partial charge in [0, 0.05) is 44.2 Å². The van der Waals surface area contributed by atoms with E-state index in [-0.39, 0.29) is 29.5 Å². The average Bonchev–Trinajstić information content (AvgIpc) is 3.30. The largest absolute Gasteiger partial charge is 0.451 e. The van der Waals surface area contributed by atoms with Crippen molar-refractivity contribution in [3.63, 3.8) is 0 Å². The van der Waals surface area contributed by atoms with E-state index >= 15 is 0 Å². The molecule has 2 heterocycles. The van der Waals surface area contributed by atoms with Gasteiger partial charge in [0.2, 0.25) is 5.91 Å². The third-order valence-electron chi connectivity index (χ3n) is 4.33. The lowest BCUT2D eigenvalue weighted by molar-refractivity contribution is -0.119. The summed E-state index contributed by atoms with van der Waals surface area (Å²) in [6, 6.07) is 10.4. The van der Waals surface area contributed by atoms with E-state index in [4.69, 9.17) is 4.42 Å². The van der Waals surface area contributed by atoms with E-state index in [0.29, 0.717) is 24.4 Å². The number of amides is 3. The maximum atomic E-state index is 12.7. The number of carbonyl (C=O) groups excluding carboxylic acids is 3. The first-order valence-electron chi connectivity index (χ1n) is 8.46. The summed E-state index contributed by atoms with van der Waals surface area (Å²) in [5.41, 5.74) is 1.27. The quantitative estimate of drug-likeness (QED) is 0.872. The zero-order valence-electron chi connectivity index (χ0n) is 14.7. The minimum Gasteiger partial charge on any atom is -0.451 e. The van der Waals surface area contributed by atoms with Crippen LogP contribution in [0.25, 0.3) is 11.3 Å². The highest BCUT2D eigenvalue weighted by Crippen LogP contribution is 2.24. The van der Waals surface area contributed by atoms with Crippen molar-refractivity contribution in [2.75, 3.05) is 20.1 Å². The number of nitrogens with zero attached hydrogens (tertiary/aromatic N) is 1. The van der Waals surface area contributed by atoms with Crippen LogP contribution in [0.3, 0.4) is 0 Å². The van der Waals surface area contributed by atoms with Gasteiger partial charge in [-0.05, 0) is 30.7 Å². The number of hydrogen-bond donors (Lipinski definition) is 2. The van der Waals surface area contributed by atoms with Crippen molar-refractivity contribution in [1.29, 1.82) is 0 Å². The number of likely N-dealkylation sites (tertiary alicyclic amines) is 1. The highest BCUT2D eigenvalue weighted by molar-refractivity contribution is 5.96. The number of rotatable bonds is 4. The molecule has 1 atom stereocenters. The summed E-state index contributed by atoms with van der Waals surface area (Å²) in [5, 5.41) is 5.36. The second-order valence-corrected chi connectivity index (χ2v) is 6.26. The Morgan fingerprint density at radius 2 is 2.00 bits per heavy atom. The van der Waals surface area contributed by atoms with Crippen molar-refractivity contribution in [2.24, 2.45) is 0 Å². The van der Waals surface area contributed by atoms with Crippen LogP contribution in [0.4, 0.5) is 0 Å². The molecule has 1 fully saturated rings. The van der Waals surface area contributed by atoms with E-state index in [1.54, 1.807) is 35.2 Å². The molecule has 1 aliphatic heterocycles. The van der Waals surface area contributed by atoms with Crippen LogP contribution in [0.1, 0.15) is 34.3 Å². The number of carbonyl (C=O) groups is 3. The lowest BCUT2D eigenvalue weighted by Crippen LogP contribution is -2.37. The molecule has 3 rings (SSSR count). The number of nitrogens with one attached hydrogen (secondary N) is 2. The Labute approximate surface area is 151 Å². The van der Waals surface area contributed by atoms with Gasteiger partial charge in [0.25, 0.3) is 11.8 Å². The summed E-state index contributed by atoms with van der Waals surface area (Å²) in [6.07, 6.45) is 0.749. The van der Waals surface area contributed by atoms with Crippen molar-refractivity contribution in [3.8, 4) is 11.3 Å². The van der Waals surface area contributed by atoms with Gasteiger partial charge in [0.05, 0.1) is 0 Å². The Morgan fingerprint density at radius 1 is 1.19 bits per heavy atom. The fourth-order valence-electron chi connectivity index (χ4n) is 3.08. The van der Waals surface area contributed by atoms with Crippen LogP contribution in [0, 0.1) is 0 Å². The Morgan fingerprint density at radius 3 is 2.73 bits per heavy atom. The zero-order valence-corrected chi connectivity index (χ0v) is 14.7. The molecule has 0 bridgehead atoms. The molecule has 0 spiro atoms. The molecular formula is C19H21N3O4. The molecule has 1 aromatic heterocycles. The Kier molecular flexibility index (Phi) is 5.06. The van der Waals surface area contributed by atoms with Crippen LogP contribution >= 0.6 is 0 Å². The van der Waals surface area contributed by atoms with E-state index in [9.17, 15) is 14.4 Å². The molecule has 1 aliphatic rings. The molecule has 2 aromatic rings. The fraction of sp³-hybridized carbons (Fsp3) is 0.316. The van der Waals surface area contributed by atoms with Gasteiger partial charge in [0.1, 0.15) is 5.76 Å². The van der Waals surface area contributed by atoms with E-state index in [1.807, 2.05) is 6.07 Å². The van der Waals surface area contributed by atoms with Gasteiger partial charge in [-0.15, -0.1) is 0 Å². The smallest absolute Gasteiger partial charge is 0.286 e. The minimum atomic E-state index is -0.301. The van der Waals surface area contributed by atoms with Crippen LogP contribution < -0.4 is 10.6 Å². The second kappa shape index (κ2) is 7.43. The number of benzene rings is 1. The molecule has 3 amide bonds. The summed E-state index contributed by atoms with van der Waals surface area (Å²) >= 11 is 0. The maximum Gasteiger partial charge on any atom is 0.286 e. The molecule has 26 heavy (non-hydrogen) atoms. The Hall–Kier alpha value is -3.09. The van der Waals surface area contributed by atoms with Gasteiger partial charge in [-0.25, -0.2) is 0 Å². The summed E-state index contributed by atoms with van der Waals surface area (Å²) < 4.78 is 5.56. The molecule has 1 aromatic carbocycles. The molecule has 136 valence electrons. The van der Waals surface area contributed by atoms with Crippen molar-refractivity contribution in [2.45, 2.75) is 19.4 Å². The molecule has 7 heteroatoms. The lowest BCUT2D eigenvalue weighted by atomic mass is 10.1. The third kappa shape index (κ3) is 3.77. The van der Waals surface area contributed by atoms with Crippen LogP contribution in [-0.2, 0) is 4.79 Å². The standard InChI is InChI=1S/C19H21N3O4/c1-12(23)21-15-8-9-22(11-15)19(25)14-5-3-4-13(10-14)16-6-7-17(26-16)18(24)20-2/h3-7,10,15H,8-9,11H2,1-2H3,(H,20,24)(H,21,23)/t15-/m0/s1. The van der Waals surface area contributed by atoms with Crippen LogP contribution in [0.5, 0.6) is 0 Å². The molecule has 0 saturated carbocycles. The zero-order chi connectivity index (χ0) is 18.7. The van der Waals surface area contributed by atoms with Gasteiger partial charge < -0.3 is 20.0 Å². The summed E-state index contributed by atoms with van der Waals surface area (Å²) in [6.45, 7) is 2.59. The lowest BCUT2D eigenvalue weighted by Gasteiger charge is -2.17. The van der Waals surface area contributed by atoms with Crippen LogP contribution in [0.15, 0.2) is 40.8 Å². The van der Waals surface area contributed by atoms with Gasteiger partial charge in [-0.2, -0.15) is 0 Å². The highest BCUT2D eigenvalue weighted by Gasteiger charge is 2.27. The number of furan rings is 1. The molecule has 0 aliphatic carbocycles. The fourth-order valence-corrected chi connectivity index (χ4v) is 3.08. The first-order chi connectivity index (χ1) is 12.5. The molecular weight excluding hydrogens is 334 g/mol.